The zero-order valence-electron chi connectivity index (χ0n) is 16.1. The molecular weight excluding hydrogens is 451 g/mol. The van der Waals surface area contributed by atoms with Crippen molar-refractivity contribution in [2.24, 2.45) is 18.0 Å². The first kappa shape index (κ1) is 20.1. The normalized spacial score (nSPS) is 19.9. The Balaban J connectivity index is 0.00000210. The molecule has 1 saturated carbocycles. The second kappa shape index (κ2) is 9.03. The number of hydrogen-bond acceptors (Lipinski definition) is 3. The lowest BCUT2D eigenvalue weighted by atomic mass is 9.99. The topological polar surface area (TPSA) is 58.3 Å². The van der Waals surface area contributed by atoms with E-state index in [0.717, 1.165) is 37.1 Å². The molecule has 0 amide bonds. The third-order valence-corrected chi connectivity index (χ3v) is 5.42. The lowest BCUT2D eigenvalue weighted by molar-refractivity contribution is 0.457. The maximum atomic E-state index is 4.88. The highest BCUT2D eigenvalue weighted by atomic mass is 127. The lowest BCUT2D eigenvalue weighted by Gasteiger charge is -2.22. The molecule has 1 aliphatic carbocycles. The number of hydrogen-bond donors (Lipinski definition) is 1. The van der Waals surface area contributed by atoms with Crippen molar-refractivity contribution < 1.29 is 0 Å². The highest BCUT2D eigenvalue weighted by Crippen LogP contribution is 2.23. The van der Waals surface area contributed by atoms with Crippen molar-refractivity contribution in [2.75, 3.05) is 13.1 Å². The fourth-order valence-corrected chi connectivity index (χ4v) is 3.52. The third-order valence-electron chi connectivity index (χ3n) is 5.42. The standard InChI is InChI=1S/C20H28N6.HI/c1-15-23-24-19(25(15)2)13-21-20(22-18-8-9-18)26-11-10-17(14-26)12-16-6-4-3-5-7-16;/h3-7,17-18H,8-14H2,1-2H3,(H,21,22);1H. The van der Waals surface area contributed by atoms with Gasteiger partial charge in [0.1, 0.15) is 12.4 Å². The average Bonchev–Trinajstić information content (AvgIpc) is 3.27. The van der Waals surface area contributed by atoms with E-state index in [9.17, 15) is 0 Å². The minimum atomic E-state index is 0. The first-order valence-corrected chi connectivity index (χ1v) is 9.64. The maximum absolute atomic E-state index is 4.88. The second-order valence-electron chi connectivity index (χ2n) is 7.57. The van der Waals surface area contributed by atoms with Gasteiger partial charge >= 0.3 is 0 Å². The van der Waals surface area contributed by atoms with Gasteiger partial charge in [-0.15, -0.1) is 34.2 Å². The largest absolute Gasteiger partial charge is 0.353 e. The number of rotatable bonds is 5. The van der Waals surface area contributed by atoms with Crippen molar-refractivity contribution in [1.29, 1.82) is 0 Å². The van der Waals surface area contributed by atoms with E-state index < -0.39 is 0 Å². The Hall–Kier alpha value is -1.64. The van der Waals surface area contributed by atoms with Crippen molar-refractivity contribution in [3.05, 3.63) is 47.5 Å². The molecule has 1 atom stereocenters. The number of guanidine groups is 1. The van der Waals surface area contributed by atoms with Gasteiger partial charge in [-0.3, -0.25) is 0 Å². The number of aromatic nitrogens is 3. The van der Waals surface area contributed by atoms with Crippen LogP contribution in [0.15, 0.2) is 35.3 Å². The van der Waals surface area contributed by atoms with Crippen LogP contribution in [0.25, 0.3) is 0 Å². The van der Waals surface area contributed by atoms with E-state index in [-0.39, 0.29) is 24.0 Å². The molecule has 1 saturated heterocycles. The Kier molecular flexibility index (Phi) is 6.73. The van der Waals surface area contributed by atoms with Crippen molar-refractivity contribution >= 4 is 29.9 Å². The number of likely N-dealkylation sites (tertiary alicyclic amines) is 1. The molecule has 2 heterocycles. The van der Waals surface area contributed by atoms with E-state index in [0.29, 0.717) is 18.5 Å². The molecule has 0 radical (unpaired) electrons. The smallest absolute Gasteiger partial charge is 0.194 e. The molecule has 2 aliphatic rings. The van der Waals surface area contributed by atoms with E-state index in [2.05, 4.69) is 50.7 Å². The highest BCUT2D eigenvalue weighted by molar-refractivity contribution is 14.0. The quantitative estimate of drug-likeness (QED) is 0.406. The first-order chi connectivity index (χ1) is 12.7. The van der Waals surface area contributed by atoms with Gasteiger partial charge < -0.3 is 14.8 Å². The lowest BCUT2D eigenvalue weighted by Crippen LogP contribution is -2.41. The van der Waals surface area contributed by atoms with E-state index in [1.54, 1.807) is 0 Å². The van der Waals surface area contributed by atoms with E-state index in [1.807, 2.05) is 18.5 Å². The molecule has 7 heteroatoms. The molecule has 0 spiro atoms. The van der Waals surface area contributed by atoms with Crippen LogP contribution in [0.1, 0.15) is 36.5 Å². The predicted molar refractivity (Wildman–Crippen MR) is 118 cm³/mol. The summed E-state index contributed by atoms with van der Waals surface area (Å²) in [4.78, 5) is 7.31. The zero-order valence-corrected chi connectivity index (χ0v) is 18.5. The number of aryl methyl sites for hydroxylation is 1. The van der Waals surface area contributed by atoms with Gasteiger partial charge in [0.15, 0.2) is 11.8 Å². The molecule has 1 aromatic heterocycles. The molecule has 146 valence electrons. The summed E-state index contributed by atoms with van der Waals surface area (Å²) < 4.78 is 2.01. The van der Waals surface area contributed by atoms with Gasteiger partial charge in [-0.05, 0) is 44.1 Å². The summed E-state index contributed by atoms with van der Waals surface area (Å²) in [5.74, 6) is 3.58. The number of aliphatic imine (C=N–C) groups is 1. The van der Waals surface area contributed by atoms with Crippen LogP contribution in [0.2, 0.25) is 0 Å². The van der Waals surface area contributed by atoms with Crippen molar-refractivity contribution in [3.8, 4) is 0 Å². The van der Waals surface area contributed by atoms with Crippen LogP contribution in [0.3, 0.4) is 0 Å². The van der Waals surface area contributed by atoms with Gasteiger partial charge in [-0.2, -0.15) is 0 Å². The van der Waals surface area contributed by atoms with Crippen molar-refractivity contribution in [1.82, 2.24) is 25.0 Å². The fourth-order valence-electron chi connectivity index (χ4n) is 3.52. The van der Waals surface area contributed by atoms with Gasteiger partial charge in [0.2, 0.25) is 0 Å². The molecule has 2 aromatic rings. The number of nitrogens with one attached hydrogen (secondary N) is 1. The van der Waals surface area contributed by atoms with Crippen molar-refractivity contribution in [3.63, 3.8) is 0 Å². The van der Waals surface area contributed by atoms with Crippen LogP contribution in [-0.4, -0.2) is 44.8 Å². The molecule has 1 aliphatic heterocycles. The summed E-state index contributed by atoms with van der Waals surface area (Å²) in [6, 6.07) is 11.4. The van der Waals surface area contributed by atoms with Crippen LogP contribution in [-0.2, 0) is 20.0 Å². The molecule has 1 aromatic carbocycles. The van der Waals surface area contributed by atoms with E-state index in [4.69, 9.17) is 4.99 Å². The van der Waals surface area contributed by atoms with Crippen LogP contribution < -0.4 is 5.32 Å². The van der Waals surface area contributed by atoms with Crippen molar-refractivity contribution in [2.45, 2.75) is 45.2 Å². The average molecular weight is 480 g/mol. The molecule has 0 bridgehead atoms. The van der Waals surface area contributed by atoms with Crippen LogP contribution in [0.5, 0.6) is 0 Å². The maximum Gasteiger partial charge on any atom is 0.194 e. The summed E-state index contributed by atoms with van der Waals surface area (Å²) in [5.41, 5.74) is 1.43. The van der Waals surface area contributed by atoms with Gasteiger partial charge in [0.25, 0.3) is 0 Å². The third kappa shape index (κ3) is 5.21. The molecule has 1 N–H and O–H groups in total. The minimum Gasteiger partial charge on any atom is -0.353 e. The molecule has 6 nitrogen and oxygen atoms in total. The summed E-state index contributed by atoms with van der Waals surface area (Å²) in [7, 11) is 2.00. The Morgan fingerprint density at radius 2 is 1.96 bits per heavy atom. The Morgan fingerprint density at radius 3 is 2.63 bits per heavy atom. The monoisotopic (exact) mass is 480 g/mol. The molecule has 27 heavy (non-hydrogen) atoms. The number of halogens is 1. The number of benzene rings is 1. The predicted octanol–water partition coefficient (Wildman–Crippen LogP) is 2.91. The molecular formula is C20H29IN6. The SMILES string of the molecule is Cc1nnc(CN=C(NC2CC2)N2CCC(Cc3ccccc3)C2)n1C.I. The number of nitrogens with zero attached hydrogens (tertiary/aromatic N) is 5. The van der Waals surface area contributed by atoms with Gasteiger partial charge in [0, 0.05) is 26.2 Å². The second-order valence-corrected chi connectivity index (χ2v) is 7.57. The van der Waals surface area contributed by atoms with E-state index >= 15 is 0 Å². The Bertz CT molecular complexity index is 768. The summed E-state index contributed by atoms with van der Waals surface area (Å²) in [6.07, 6.45) is 4.88. The zero-order chi connectivity index (χ0) is 17.9. The summed E-state index contributed by atoms with van der Waals surface area (Å²) in [5, 5.41) is 12.0. The molecule has 1 unspecified atom stereocenters. The van der Waals surface area contributed by atoms with Crippen LogP contribution in [0.4, 0.5) is 0 Å². The van der Waals surface area contributed by atoms with Crippen LogP contribution in [0, 0.1) is 12.8 Å². The Morgan fingerprint density at radius 1 is 1.19 bits per heavy atom. The molecule has 4 rings (SSSR count). The summed E-state index contributed by atoms with van der Waals surface area (Å²) >= 11 is 0. The Labute approximate surface area is 178 Å². The molecule has 2 fully saturated rings. The fraction of sp³-hybridized carbons (Fsp3) is 0.550. The van der Waals surface area contributed by atoms with E-state index in [1.165, 1.54) is 24.8 Å². The highest BCUT2D eigenvalue weighted by Gasteiger charge is 2.29. The summed E-state index contributed by atoms with van der Waals surface area (Å²) in [6.45, 7) is 4.70. The first-order valence-electron chi connectivity index (χ1n) is 9.64. The van der Waals surface area contributed by atoms with Gasteiger partial charge in [-0.1, -0.05) is 30.3 Å². The van der Waals surface area contributed by atoms with Crippen LogP contribution >= 0.6 is 24.0 Å². The van der Waals surface area contributed by atoms with Gasteiger partial charge in [0.05, 0.1) is 0 Å². The van der Waals surface area contributed by atoms with Gasteiger partial charge in [-0.25, -0.2) is 4.99 Å². The minimum absolute atomic E-state index is 0.